The van der Waals surface area contributed by atoms with Gasteiger partial charge in [0, 0.05) is 23.7 Å². The molecule has 4 nitrogen and oxygen atoms in total. The zero-order valence-corrected chi connectivity index (χ0v) is 10.0. The number of aliphatic carboxylic acids is 1. The third kappa shape index (κ3) is 4.09. The number of phenolic OH excluding ortho intramolecular Hbond substituents is 1. The van der Waals surface area contributed by atoms with Crippen molar-refractivity contribution in [3.8, 4) is 5.75 Å². The Morgan fingerprint density at radius 1 is 1.53 bits per heavy atom. The molecule has 0 aliphatic carbocycles. The molecule has 0 spiro atoms. The fourth-order valence-electron chi connectivity index (χ4n) is 1.49. The molecule has 1 aromatic carbocycles. The summed E-state index contributed by atoms with van der Waals surface area (Å²) in [6.07, 6.45) is 1.61. The van der Waals surface area contributed by atoms with Gasteiger partial charge in [-0.05, 0) is 12.1 Å². The summed E-state index contributed by atoms with van der Waals surface area (Å²) >= 11 is 5.95. The van der Waals surface area contributed by atoms with Gasteiger partial charge in [0.2, 0.25) is 0 Å². The molecule has 0 aliphatic heterocycles. The molecule has 0 heterocycles. The highest BCUT2D eigenvalue weighted by Crippen LogP contribution is 2.26. The van der Waals surface area contributed by atoms with Gasteiger partial charge in [0.1, 0.15) is 5.75 Å². The van der Waals surface area contributed by atoms with E-state index < -0.39 is 5.97 Å². The van der Waals surface area contributed by atoms with Crippen LogP contribution >= 0.6 is 11.6 Å². The summed E-state index contributed by atoms with van der Waals surface area (Å²) in [5.41, 5.74) is 0.525. The van der Waals surface area contributed by atoms with E-state index >= 15 is 0 Å². The molecule has 0 bridgehead atoms. The summed E-state index contributed by atoms with van der Waals surface area (Å²) in [6, 6.07) is 4.81. The summed E-state index contributed by atoms with van der Waals surface area (Å²) in [5.74, 6) is -0.865. The van der Waals surface area contributed by atoms with Gasteiger partial charge in [-0.2, -0.15) is 0 Å². The number of carboxylic acids is 1. The zero-order valence-electron chi connectivity index (χ0n) is 9.27. The van der Waals surface area contributed by atoms with Crippen LogP contribution in [0.25, 0.3) is 0 Å². The molecule has 1 aromatic rings. The van der Waals surface area contributed by atoms with Gasteiger partial charge in [0.05, 0.1) is 6.54 Å². The SMILES string of the molecule is C=CCN(CC(=O)O)Cc1c(O)cccc1Cl. The lowest BCUT2D eigenvalue weighted by Crippen LogP contribution is -2.29. The van der Waals surface area contributed by atoms with E-state index in [2.05, 4.69) is 6.58 Å². The van der Waals surface area contributed by atoms with E-state index in [1.807, 2.05) is 0 Å². The van der Waals surface area contributed by atoms with Crippen molar-refractivity contribution in [3.05, 3.63) is 41.4 Å². The summed E-state index contributed by atoms with van der Waals surface area (Å²) in [5, 5.41) is 18.8. The highest BCUT2D eigenvalue weighted by atomic mass is 35.5. The number of rotatable bonds is 6. The second-order valence-electron chi connectivity index (χ2n) is 3.59. The molecule has 0 atom stereocenters. The number of nitrogens with zero attached hydrogens (tertiary/aromatic N) is 1. The highest BCUT2D eigenvalue weighted by Gasteiger charge is 2.13. The average Bonchev–Trinajstić information content (AvgIpc) is 2.23. The van der Waals surface area contributed by atoms with Gasteiger partial charge in [-0.1, -0.05) is 23.7 Å². The van der Waals surface area contributed by atoms with Crippen molar-refractivity contribution in [1.29, 1.82) is 0 Å². The van der Waals surface area contributed by atoms with Crippen LogP contribution in [0.2, 0.25) is 5.02 Å². The number of hydrogen-bond donors (Lipinski definition) is 2. The van der Waals surface area contributed by atoms with Gasteiger partial charge in [0.25, 0.3) is 0 Å². The predicted octanol–water partition coefficient (Wildman–Crippen LogP) is 2.12. The molecule has 0 radical (unpaired) electrons. The maximum absolute atomic E-state index is 10.7. The highest BCUT2D eigenvalue weighted by molar-refractivity contribution is 6.31. The van der Waals surface area contributed by atoms with Crippen molar-refractivity contribution in [2.24, 2.45) is 0 Å². The van der Waals surface area contributed by atoms with E-state index in [1.54, 1.807) is 23.1 Å². The van der Waals surface area contributed by atoms with Crippen molar-refractivity contribution in [2.45, 2.75) is 6.54 Å². The molecule has 17 heavy (non-hydrogen) atoms. The quantitative estimate of drug-likeness (QED) is 0.765. The molecule has 0 fully saturated rings. The second kappa shape index (κ2) is 6.27. The minimum absolute atomic E-state index is 0.0666. The first-order valence-corrected chi connectivity index (χ1v) is 5.43. The molecule has 0 amide bonds. The summed E-state index contributed by atoms with van der Waals surface area (Å²) in [6.45, 7) is 4.12. The van der Waals surface area contributed by atoms with Crippen LogP contribution in [0.5, 0.6) is 5.75 Å². The Labute approximate surface area is 105 Å². The van der Waals surface area contributed by atoms with Crippen LogP contribution in [-0.4, -0.2) is 34.2 Å². The molecule has 0 saturated heterocycles. The van der Waals surface area contributed by atoms with E-state index in [9.17, 15) is 9.90 Å². The predicted molar refractivity (Wildman–Crippen MR) is 66.2 cm³/mol. The third-order valence-electron chi connectivity index (χ3n) is 2.22. The lowest BCUT2D eigenvalue weighted by atomic mass is 10.2. The number of benzene rings is 1. The Morgan fingerprint density at radius 3 is 2.76 bits per heavy atom. The fraction of sp³-hybridized carbons (Fsp3) is 0.250. The van der Waals surface area contributed by atoms with E-state index in [0.717, 1.165) is 0 Å². The van der Waals surface area contributed by atoms with Gasteiger partial charge < -0.3 is 10.2 Å². The molecule has 0 aromatic heterocycles. The average molecular weight is 256 g/mol. The number of carbonyl (C=O) groups is 1. The van der Waals surface area contributed by atoms with Gasteiger partial charge in [0.15, 0.2) is 0 Å². The van der Waals surface area contributed by atoms with Crippen molar-refractivity contribution < 1.29 is 15.0 Å². The largest absolute Gasteiger partial charge is 0.508 e. The minimum atomic E-state index is -0.932. The zero-order chi connectivity index (χ0) is 12.8. The Morgan fingerprint density at radius 2 is 2.24 bits per heavy atom. The first-order chi connectivity index (χ1) is 8.04. The van der Waals surface area contributed by atoms with E-state index in [1.165, 1.54) is 6.07 Å². The third-order valence-corrected chi connectivity index (χ3v) is 2.58. The van der Waals surface area contributed by atoms with Crippen molar-refractivity contribution in [3.63, 3.8) is 0 Å². The van der Waals surface area contributed by atoms with E-state index in [-0.39, 0.29) is 18.8 Å². The lowest BCUT2D eigenvalue weighted by Gasteiger charge is -2.19. The van der Waals surface area contributed by atoms with E-state index in [4.69, 9.17) is 16.7 Å². The Hall–Kier alpha value is -1.52. The van der Waals surface area contributed by atoms with Gasteiger partial charge in [-0.3, -0.25) is 9.69 Å². The topological polar surface area (TPSA) is 60.8 Å². The van der Waals surface area contributed by atoms with Crippen LogP contribution in [0.3, 0.4) is 0 Å². The van der Waals surface area contributed by atoms with Crippen LogP contribution in [0.4, 0.5) is 0 Å². The number of phenols is 1. The van der Waals surface area contributed by atoms with Crippen molar-refractivity contribution in [1.82, 2.24) is 4.90 Å². The molecular weight excluding hydrogens is 242 g/mol. The summed E-state index contributed by atoms with van der Waals surface area (Å²) in [7, 11) is 0. The molecule has 92 valence electrons. The van der Waals surface area contributed by atoms with Crippen LogP contribution in [0.15, 0.2) is 30.9 Å². The summed E-state index contributed by atoms with van der Waals surface area (Å²) < 4.78 is 0. The van der Waals surface area contributed by atoms with Crippen molar-refractivity contribution in [2.75, 3.05) is 13.1 Å². The number of halogens is 1. The number of aromatic hydroxyl groups is 1. The second-order valence-corrected chi connectivity index (χ2v) is 4.00. The Bertz CT molecular complexity index is 400. The number of carboxylic acid groups (broad SMARTS) is 1. The molecule has 2 N–H and O–H groups in total. The van der Waals surface area contributed by atoms with Gasteiger partial charge in [-0.25, -0.2) is 0 Å². The minimum Gasteiger partial charge on any atom is -0.508 e. The Balaban J connectivity index is 2.85. The first kappa shape index (κ1) is 13.5. The molecular formula is C12H14ClNO3. The molecule has 0 unspecified atom stereocenters. The standard InChI is InChI=1S/C12H14ClNO3/c1-2-6-14(8-12(16)17)7-9-10(13)4-3-5-11(9)15/h2-5,15H,1,6-8H2,(H,16,17). The molecule has 1 rings (SSSR count). The first-order valence-electron chi connectivity index (χ1n) is 5.06. The number of hydrogen-bond acceptors (Lipinski definition) is 3. The van der Waals surface area contributed by atoms with Crippen LogP contribution in [0.1, 0.15) is 5.56 Å². The normalized spacial score (nSPS) is 10.5. The maximum Gasteiger partial charge on any atom is 0.317 e. The Kier molecular flexibility index (Phi) is 5.00. The van der Waals surface area contributed by atoms with Gasteiger partial charge in [-0.15, -0.1) is 6.58 Å². The lowest BCUT2D eigenvalue weighted by molar-refractivity contribution is -0.138. The molecule has 0 saturated carbocycles. The van der Waals surface area contributed by atoms with Gasteiger partial charge >= 0.3 is 5.97 Å². The molecule has 5 heteroatoms. The van der Waals surface area contributed by atoms with Crippen LogP contribution < -0.4 is 0 Å². The van der Waals surface area contributed by atoms with Crippen LogP contribution in [0, 0.1) is 0 Å². The monoisotopic (exact) mass is 255 g/mol. The smallest absolute Gasteiger partial charge is 0.317 e. The van der Waals surface area contributed by atoms with Crippen molar-refractivity contribution >= 4 is 17.6 Å². The maximum atomic E-state index is 10.7. The van der Waals surface area contributed by atoms with E-state index in [0.29, 0.717) is 17.1 Å². The fourth-order valence-corrected chi connectivity index (χ4v) is 1.72. The molecule has 0 aliphatic rings. The summed E-state index contributed by atoms with van der Waals surface area (Å²) in [4.78, 5) is 12.3. The van der Waals surface area contributed by atoms with Crippen LogP contribution in [-0.2, 0) is 11.3 Å².